The fourth-order valence-electron chi connectivity index (χ4n) is 1.51. The van der Waals surface area contributed by atoms with Crippen LogP contribution >= 0.6 is 11.3 Å². The molecule has 1 N–H and O–H groups in total. The van der Waals surface area contributed by atoms with E-state index in [0.29, 0.717) is 5.56 Å². The molecule has 0 bridgehead atoms. The number of carbonyl (C=O) groups is 1. The molecule has 2 aromatic heterocycles. The lowest BCUT2D eigenvalue weighted by atomic mass is 10.2. The number of nitrogens with one attached hydrogen (secondary N) is 1. The summed E-state index contributed by atoms with van der Waals surface area (Å²) in [7, 11) is 0. The van der Waals surface area contributed by atoms with E-state index in [0.717, 1.165) is 17.0 Å². The van der Waals surface area contributed by atoms with Gasteiger partial charge in [0.2, 0.25) is 0 Å². The van der Waals surface area contributed by atoms with Crippen LogP contribution in [0.25, 0.3) is 10.6 Å². The van der Waals surface area contributed by atoms with Crippen molar-refractivity contribution in [3.63, 3.8) is 0 Å². The van der Waals surface area contributed by atoms with Gasteiger partial charge in [-0.05, 0) is 36.9 Å². The predicted octanol–water partition coefficient (Wildman–Crippen LogP) is 3.34. The summed E-state index contributed by atoms with van der Waals surface area (Å²) in [6.07, 6.45) is 2.55. The highest BCUT2D eigenvalue weighted by atomic mass is 32.1. The molecule has 0 radical (unpaired) electrons. The minimum atomic E-state index is -0.0606. The SMILES string of the molecule is CC[C@H](C)NC(=O)c1ccc(-c2cccs2)nc1. The molecule has 0 saturated heterocycles. The Kier molecular flexibility index (Phi) is 4.10. The summed E-state index contributed by atoms with van der Waals surface area (Å²) in [5.41, 5.74) is 1.51. The summed E-state index contributed by atoms with van der Waals surface area (Å²) >= 11 is 1.64. The van der Waals surface area contributed by atoms with Crippen molar-refractivity contribution >= 4 is 17.2 Å². The zero-order valence-electron chi connectivity index (χ0n) is 10.5. The van der Waals surface area contributed by atoms with Gasteiger partial charge in [0.15, 0.2) is 0 Å². The van der Waals surface area contributed by atoms with Crippen molar-refractivity contribution < 1.29 is 4.79 Å². The van der Waals surface area contributed by atoms with E-state index in [-0.39, 0.29) is 11.9 Å². The maximum atomic E-state index is 11.9. The van der Waals surface area contributed by atoms with Gasteiger partial charge < -0.3 is 5.32 Å². The van der Waals surface area contributed by atoms with Crippen LogP contribution in [-0.4, -0.2) is 16.9 Å². The lowest BCUT2D eigenvalue weighted by Gasteiger charge is -2.11. The minimum absolute atomic E-state index is 0.0606. The normalized spacial score (nSPS) is 12.1. The van der Waals surface area contributed by atoms with Gasteiger partial charge >= 0.3 is 0 Å². The lowest BCUT2D eigenvalue weighted by Crippen LogP contribution is -2.31. The Morgan fingerprint density at radius 1 is 1.44 bits per heavy atom. The molecule has 2 aromatic rings. The number of thiophene rings is 1. The Bertz CT molecular complexity index is 505. The first kappa shape index (κ1) is 12.8. The van der Waals surface area contributed by atoms with Crippen LogP contribution in [0.2, 0.25) is 0 Å². The number of hydrogen-bond donors (Lipinski definition) is 1. The van der Waals surface area contributed by atoms with E-state index >= 15 is 0 Å². The summed E-state index contributed by atoms with van der Waals surface area (Å²) in [6, 6.07) is 7.91. The number of carbonyl (C=O) groups excluding carboxylic acids is 1. The monoisotopic (exact) mass is 260 g/mol. The molecule has 0 spiro atoms. The van der Waals surface area contributed by atoms with Crippen molar-refractivity contribution in [2.45, 2.75) is 26.3 Å². The Morgan fingerprint density at radius 3 is 2.83 bits per heavy atom. The van der Waals surface area contributed by atoms with Gasteiger partial charge in [0.25, 0.3) is 5.91 Å². The molecule has 0 fully saturated rings. The van der Waals surface area contributed by atoms with E-state index < -0.39 is 0 Å². The number of rotatable bonds is 4. The van der Waals surface area contributed by atoms with Crippen LogP contribution in [0, 0.1) is 0 Å². The zero-order valence-corrected chi connectivity index (χ0v) is 11.3. The third kappa shape index (κ3) is 2.96. The molecule has 94 valence electrons. The van der Waals surface area contributed by atoms with E-state index in [1.165, 1.54) is 0 Å². The average Bonchev–Trinajstić information content (AvgIpc) is 2.92. The highest BCUT2D eigenvalue weighted by molar-refractivity contribution is 7.13. The molecule has 4 heteroatoms. The first-order chi connectivity index (χ1) is 8.70. The first-order valence-corrected chi connectivity index (χ1v) is 6.89. The van der Waals surface area contributed by atoms with Crippen molar-refractivity contribution in [2.75, 3.05) is 0 Å². The topological polar surface area (TPSA) is 42.0 Å². The summed E-state index contributed by atoms with van der Waals surface area (Å²) in [6.45, 7) is 4.04. The Labute approximate surface area is 111 Å². The predicted molar refractivity (Wildman–Crippen MR) is 74.8 cm³/mol. The molecule has 2 heterocycles. The largest absolute Gasteiger partial charge is 0.350 e. The van der Waals surface area contributed by atoms with E-state index in [4.69, 9.17) is 0 Å². The Balaban J connectivity index is 2.10. The highest BCUT2D eigenvalue weighted by Crippen LogP contribution is 2.22. The van der Waals surface area contributed by atoms with Crippen LogP contribution in [0.3, 0.4) is 0 Å². The van der Waals surface area contributed by atoms with E-state index in [1.807, 2.05) is 43.5 Å². The summed E-state index contributed by atoms with van der Waals surface area (Å²) in [5, 5.41) is 4.94. The Morgan fingerprint density at radius 2 is 2.28 bits per heavy atom. The number of aromatic nitrogens is 1. The van der Waals surface area contributed by atoms with Gasteiger partial charge in [-0.2, -0.15) is 0 Å². The molecule has 0 unspecified atom stereocenters. The molecule has 1 amide bonds. The maximum absolute atomic E-state index is 11.9. The van der Waals surface area contributed by atoms with Crippen molar-refractivity contribution in [1.82, 2.24) is 10.3 Å². The summed E-state index contributed by atoms with van der Waals surface area (Å²) < 4.78 is 0. The second-order valence-electron chi connectivity index (χ2n) is 4.19. The molecule has 18 heavy (non-hydrogen) atoms. The van der Waals surface area contributed by atoms with Gasteiger partial charge in [-0.25, -0.2) is 0 Å². The fourth-order valence-corrected chi connectivity index (χ4v) is 2.21. The molecule has 3 nitrogen and oxygen atoms in total. The third-order valence-electron chi connectivity index (χ3n) is 2.79. The molecule has 0 aliphatic heterocycles. The molecular formula is C14H16N2OS. The van der Waals surface area contributed by atoms with Gasteiger partial charge in [-0.3, -0.25) is 9.78 Å². The van der Waals surface area contributed by atoms with Crippen LogP contribution in [-0.2, 0) is 0 Å². The smallest absolute Gasteiger partial charge is 0.253 e. The van der Waals surface area contributed by atoms with Crippen LogP contribution in [0.15, 0.2) is 35.8 Å². The van der Waals surface area contributed by atoms with Gasteiger partial charge in [-0.15, -0.1) is 11.3 Å². The van der Waals surface area contributed by atoms with Gasteiger partial charge in [-0.1, -0.05) is 13.0 Å². The second-order valence-corrected chi connectivity index (χ2v) is 5.14. The maximum Gasteiger partial charge on any atom is 0.253 e. The van der Waals surface area contributed by atoms with E-state index in [2.05, 4.69) is 10.3 Å². The third-order valence-corrected chi connectivity index (χ3v) is 3.68. The average molecular weight is 260 g/mol. The van der Waals surface area contributed by atoms with Crippen molar-refractivity contribution in [2.24, 2.45) is 0 Å². The molecule has 2 rings (SSSR count). The van der Waals surface area contributed by atoms with E-state index in [1.54, 1.807) is 17.5 Å². The zero-order chi connectivity index (χ0) is 13.0. The minimum Gasteiger partial charge on any atom is -0.350 e. The Hall–Kier alpha value is -1.68. The van der Waals surface area contributed by atoms with Crippen molar-refractivity contribution in [3.05, 3.63) is 41.4 Å². The molecule has 0 aliphatic carbocycles. The number of nitrogens with zero attached hydrogens (tertiary/aromatic N) is 1. The van der Waals surface area contributed by atoms with Crippen LogP contribution in [0.1, 0.15) is 30.6 Å². The number of pyridine rings is 1. The first-order valence-electron chi connectivity index (χ1n) is 6.01. The summed E-state index contributed by atoms with van der Waals surface area (Å²) in [4.78, 5) is 17.3. The molecule has 0 saturated carbocycles. The molecule has 1 atom stereocenters. The van der Waals surface area contributed by atoms with Crippen LogP contribution < -0.4 is 5.32 Å². The van der Waals surface area contributed by atoms with Gasteiger partial charge in [0.1, 0.15) is 0 Å². The molecule has 0 aromatic carbocycles. The molecular weight excluding hydrogens is 244 g/mol. The lowest BCUT2D eigenvalue weighted by molar-refractivity contribution is 0.0939. The summed E-state index contributed by atoms with van der Waals surface area (Å²) in [5.74, 6) is -0.0606. The van der Waals surface area contributed by atoms with Gasteiger partial charge in [0, 0.05) is 12.2 Å². The van der Waals surface area contributed by atoms with Gasteiger partial charge in [0.05, 0.1) is 16.1 Å². The number of amides is 1. The highest BCUT2D eigenvalue weighted by Gasteiger charge is 2.09. The van der Waals surface area contributed by atoms with Crippen molar-refractivity contribution in [3.8, 4) is 10.6 Å². The van der Waals surface area contributed by atoms with Crippen LogP contribution in [0.4, 0.5) is 0 Å². The standard InChI is InChI=1S/C14H16N2OS/c1-3-10(2)16-14(17)11-6-7-12(15-9-11)13-5-4-8-18-13/h4-10H,3H2,1-2H3,(H,16,17)/t10-/m0/s1. The van der Waals surface area contributed by atoms with E-state index in [9.17, 15) is 4.79 Å². The quantitative estimate of drug-likeness (QED) is 0.916. The van der Waals surface area contributed by atoms with Crippen LogP contribution in [0.5, 0.6) is 0 Å². The van der Waals surface area contributed by atoms with Crippen molar-refractivity contribution in [1.29, 1.82) is 0 Å². The second kappa shape index (κ2) is 5.78. The fraction of sp³-hybridized carbons (Fsp3) is 0.286. The number of hydrogen-bond acceptors (Lipinski definition) is 3. The molecule has 0 aliphatic rings.